The number of guanidine groups is 1. The van der Waals surface area contributed by atoms with Crippen molar-refractivity contribution < 1.29 is 0 Å². The smallest absolute Gasteiger partial charge is 0.191 e. The topological polar surface area (TPSA) is 54.2 Å². The van der Waals surface area contributed by atoms with Crippen LogP contribution >= 0.6 is 35.7 Å². The van der Waals surface area contributed by atoms with Gasteiger partial charge in [0.15, 0.2) is 5.96 Å². The van der Waals surface area contributed by atoms with E-state index in [2.05, 4.69) is 54.7 Å². The molecule has 0 unspecified atom stereocenters. The minimum Gasteiger partial charge on any atom is -0.356 e. The number of aryl methyl sites for hydroxylation is 2. The molecule has 1 aromatic heterocycles. The van der Waals surface area contributed by atoms with Crippen molar-refractivity contribution in [3.05, 3.63) is 17.0 Å². The Balaban J connectivity index is 0.00000441. The fraction of sp³-hybridized carbons (Fsp3) is 0.733. The van der Waals surface area contributed by atoms with Gasteiger partial charge in [0.05, 0.1) is 5.69 Å². The van der Waals surface area contributed by atoms with Gasteiger partial charge in [0, 0.05) is 37.6 Å². The third-order valence-electron chi connectivity index (χ3n) is 3.78. The van der Waals surface area contributed by atoms with E-state index in [9.17, 15) is 0 Å². The largest absolute Gasteiger partial charge is 0.356 e. The van der Waals surface area contributed by atoms with Gasteiger partial charge in [0.25, 0.3) is 0 Å². The van der Waals surface area contributed by atoms with Crippen LogP contribution in [0, 0.1) is 13.8 Å². The number of hydrogen-bond donors (Lipinski definition) is 2. The molecule has 0 aliphatic rings. The Kier molecular flexibility index (Phi) is 9.45. The Labute approximate surface area is 156 Å². The van der Waals surface area contributed by atoms with E-state index in [0.717, 1.165) is 31.2 Å². The van der Waals surface area contributed by atoms with Crippen LogP contribution in [0.25, 0.3) is 0 Å². The molecule has 0 atom stereocenters. The molecule has 0 spiro atoms. The number of halogens is 1. The average molecular weight is 439 g/mol. The van der Waals surface area contributed by atoms with Crippen LogP contribution in [0.2, 0.25) is 0 Å². The Morgan fingerprint density at radius 1 is 1.32 bits per heavy atom. The van der Waals surface area contributed by atoms with Gasteiger partial charge in [-0.2, -0.15) is 16.9 Å². The monoisotopic (exact) mass is 439 g/mol. The van der Waals surface area contributed by atoms with Crippen molar-refractivity contribution in [1.29, 1.82) is 0 Å². The molecule has 1 aromatic rings. The van der Waals surface area contributed by atoms with Crippen molar-refractivity contribution in [3.63, 3.8) is 0 Å². The number of nitrogens with zero attached hydrogens (tertiary/aromatic N) is 3. The summed E-state index contributed by atoms with van der Waals surface area (Å²) in [6.07, 6.45) is 3.09. The van der Waals surface area contributed by atoms with Crippen LogP contribution in [-0.4, -0.2) is 46.9 Å². The van der Waals surface area contributed by atoms with Gasteiger partial charge in [-0.15, -0.1) is 24.0 Å². The SMILES string of the molecule is CN=C(NCCc1c(C)nn(C)c1C)NCC(C)(C)SC.I. The van der Waals surface area contributed by atoms with Gasteiger partial charge >= 0.3 is 0 Å². The van der Waals surface area contributed by atoms with Gasteiger partial charge in [-0.25, -0.2) is 0 Å². The molecule has 1 heterocycles. The van der Waals surface area contributed by atoms with Crippen LogP contribution in [0.1, 0.15) is 30.8 Å². The highest BCUT2D eigenvalue weighted by Crippen LogP contribution is 2.19. The van der Waals surface area contributed by atoms with Gasteiger partial charge in [-0.3, -0.25) is 9.67 Å². The third-order valence-corrected chi connectivity index (χ3v) is 5.03. The van der Waals surface area contributed by atoms with Crippen LogP contribution in [0.5, 0.6) is 0 Å². The van der Waals surface area contributed by atoms with E-state index in [-0.39, 0.29) is 28.7 Å². The lowest BCUT2D eigenvalue weighted by Crippen LogP contribution is -2.43. The molecular formula is C15H30IN5S. The molecule has 0 saturated heterocycles. The van der Waals surface area contributed by atoms with E-state index in [0.29, 0.717) is 0 Å². The molecule has 22 heavy (non-hydrogen) atoms. The van der Waals surface area contributed by atoms with Gasteiger partial charge in [0.1, 0.15) is 0 Å². The normalized spacial score (nSPS) is 12.0. The van der Waals surface area contributed by atoms with Crippen molar-refractivity contribution in [2.45, 2.75) is 38.9 Å². The van der Waals surface area contributed by atoms with Gasteiger partial charge < -0.3 is 10.6 Å². The predicted octanol–water partition coefficient (Wildman–Crippen LogP) is 2.50. The van der Waals surface area contributed by atoms with E-state index in [1.165, 1.54) is 11.3 Å². The second-order valence-corrected chi connectivity index (χ2v) is 7.35. The lowest BCUT2D eigenvalue weighted by atomic mass is 10.1. The van der Waals surface area contributed by atoms with Crippen LogP contribution in [0.3, 0.4) is 0 Å². The van der Waals surface area contributed by atoms with E-state index in [1.54, 1.807) is 0 Å². The van der Waals surface area contributed by atoms with Crippen molar-refractivity contribution in [2.24, 2.45) is 12.0 Å². The Bertz CT molecular complexity index is 496. The molecule has 0 bridgehead atoms. The summed E-state index contributed by atoms with van der Waals surface area (Å²) in [4.78, 5) is 4.27. The zero-order chi connectivity index (χ0) is 16.0. The molecule has 2 N–H and O–H groups in total. The molecule has 0 aliphatic heterocycles. The van der Waals surface area contributed by atoms with Crippen molar-refractivity contribution in [3.8, 4) is 0 Å². The lowest BCUT2D eigenvalue weighted by Gasteiger charge is -2.23. The summed E-state index contributed by atoms with van der Waals surface area (Å²) < 4.78 is 2.15. The van der Waals surface area contributed by atoms with Crippen molar-refractivity contribution >= 4 is 41.7 Å². The average Bonchev–Trinajstić information content (AvgIpc) is 2.68. The summed E-state index contributed by atoms with van der Waals surface area (Å²) in [6.45, 7) is 10.4. The zero-order valence-electron chi connectivity index (χ0n) is 14.8. The predicted molar refractivity (Wildman–Crippen MR) is 109 cm³/mol. The highest BCUT2D eigenvalue weighted by molar-refractivity contribution is 14.0. The minimum absolute atomic E-state index is 0. The first kappa shape index (κ1) is 21.6. The lowest BCUT2D eigenvalue weighted by molar-refractivity contribution is 0.663. The number of nitrogens with one attached hydrogen (secondary N) is 2. The van der Waals surface area contributed by atoms with E-state index in [4.69, 9.17) is 0 Å². The molecule has 0 aliphatic carbocycles. The standard InChI is InChI=1S/C15H29N5S.HI/c1-11-13(12(2)20(6)19-11)8-9-17-14(16-5)18-10-15(3,4)21-7;/h8-10H2,1-7H3,(H2,16,17,18);1H. The Hall–Kier alpha value is -0.440. The molecule has 128 valence electrons. The summed E-state index contributed by atoms with van der Waals surface area (Å²) in [7, 11) is 3.80. The fourth-order valence-corrected chi connectivity index (χ4v) is 2.29. The molecular weight excluding hydrogens is 409 g/mol. The molecule has 0 aromatic carbocycles. The highest BCUT2D eigenvalue weighted by Gasteiger charge is 2.16. The molecule has 0 radical (unpaired) electrons. The highest BCUT2D eigenvalue weighted by atomic mass is 127. The molecule has 0 saturated carbocycles. The Morgan fingerprint density at radius 3 is 2.41 bits per heavy atom. The van der Waals surface area contributed by atoms with Gasteiger partial charge in [0.2, 0.25) is 0 Å². The third kappa shape index (κ3) is 6.36. The Morgan fingerprint density at radius 2 is 1.95 bits per heavy atom. The number of hydrogen-bond acceptors (Lipinski definition) is 3. The molecule has 0 amide bonds. The van der Waals surface area contributed by atoms with Gasteiger partial charge in [-0.05, 0) is 45.9 Å². The number of aromatic nitrogens is 2. The maximum atomic E-state index is 4.45. The summed E-state index contributed by atoms with van der Waals surface area (Å²) in [5.74, 6) is 0.858. The summed E-state index contributed by atoms with van der Waals surface area (Å²) >= 11 is 1.85. The quantitative estimate of drug-likeness (QED) is 0.407. The second-order valence-electron chi connectivity index (χ2n) is 5.84. The number of thioether (sulfide) groups is 1. The van der Waals surface area contributed by atoms with E-state index < -0.39 is 0 Å². The van der Waals surface area contributed by atoms with Crippen LogP contribution in [-0.2, 0) is 13.5 Å². The van der Waals surface area contributed by atoms with Crippen molar-refractivity contribution in [1.82, 2.24) is 20.4 Å². The summed E-state index contributed by atoms with van der Waals surface area (Å²) in [5.41, 5.74) is 3.67. The molecule has 1 rings (SSSR count). The number of aliphatic imine (C=N–C) groups is 1. The molecule has 7 heteroatoms. The van der Waals surface area contributed by atoms with Crippen molar-refractivity contribution in [2.75, 3.05) is 26.4 Å². The molecule has 0 fully saturated rings. The van der Waals surface area contributed by atoms with Crippen LogP contribution < -0.4 is 10.6 Å². The zero-order valence-corrected chi connectivity index (χ0v) is 17.9. The first-order valence-corrected chi connectivity index (χ1v) is 8.52. The summed E-state index contributed by atoms with van der Waals surface area (Å²) in [6, 6.07) is 0. The fourth-order valence-electron chi connectivity index (χ4n) is 2.07. The minimum atomic E-state index is 0. The first-order chi connectivity index (χ1) is 9.80. The number of rotatable bonds is 6. The maximum absolute atomic E-state index is 4.45. The first-order valence-electron chi connectivity index (χ1n) is 7.29. The second kappa shape index (κ2) is 9.64. The molecule has 5 nitrogen and oxygen atoms in total. The van der Waals surface area contributed by atoms with E-state index >= 15 is 0 Å². The van der Waals surface area contributed by atoms with E-state index in [1.807, 2.05) is 30.5 Å². The van der Waals surface area contributed by atoms with Crippen LogP contribution in [0.15, 0.2) is 4.99 Å². The van der Waals surface area contributed by atoms with Gasteiger partial charge in [-0.1, -0.05) is 0 Å². The summed E-state index contributed by atoms with van der Waals surface area (Å²) in [5, 5.41) is 11.2. The van der Waals surface area contributed by atoms with Crippen LogP contribution in [0.4, 0.5) is 0 Å². The maximum Gasteiger partial charge on any atom is 0.191 e.